The van der Waals surface area contributed by atoms with E-state index in [4.69, 9.17) is 18.9 Å². The Morgan fingerprint density at radius 2 is 0.533 bits per heavy atom. The van der Waals surface area contributed by atoms with Gasteiger partial charge in [-0.3, -0.25) is 0 Å². The SMILES string of the molecule is CCCCCCCCOCC(O)CN(CC(O)COCCCCCCCC)c1ccc(N(CC(O)COCCCCCCCC)CC(O)COCCCCCCCC)cc1. The number of benzene rings is 1. The second-order valence-electron chi connectivity index (χ2n) is 17.3. The third-order valence-corrected chi connectivity index (χ3v) is 11.1. The predicted molar refractivity (Wildman–Crippen MR) is 252 cm³/mol. The molecule has 1 aromatic rings. The van der Waals surface area contributed by atoms with Crippen molar-refractivity contribution >= 4 is 11.4 Å². The van der Waals surface area contributed by atoms with Crippen LogP contribution >= 0.6 is 0 Å². The first-order valence-corrected chi connectivity index (χ1v) is 25.0. The molecule has 0 saturated heterocycles. The van der Waals surface area contributed by atoms with Gasteiger partial charge in [-0.05, 0) is 49.9 Å². The Kier molecular flexibility index (Phi) is 39.1. The Morgan fingerprint density at radius 3 is 0.750 bits per heavy atom. The van der Waals surface area contributed by atoms with Crippen LogP contribution in [0.15, 0.2) is 24.3 Å². The van der Waals surface area contributed by atoms with E-state index in [0.29, 0.717) is 52.6 Å². The maximum absolute atomic E-state index is 11.1. The van der Waals surface area contributed by atoms with E-state index in [1.54, 1.807) is 0 Å². The molecule has 0 bridgehead atoms. The minimum Gasteiger partial charge on any atom is -0.389 e. The van der Waals surface area contributed by atoms with Crippen LogP contribution in [0.4, 0.5) is 11.4 Å². The summed E-state index contributed by atoms with van der Waals surface area (Å²) in [5.41, 5.74) is 1.71. The molecule has 10 heteroatoms. The van der Waals surface area contributed by atoms with Crippen molar-refractivity contribution in [3.8, 4) is 0 Å². The highest BCUT2D eigenvalue weighted by Gasteiger charge is 2.20. The molecule has 0 aliphatic rings. The van der Waals surface area contributed by atoms with Crippen molar-refractivity contribution in [2.75, 3.05) is 88.8 Å². The van der Waals surface area contributed by atoms with E-state index in [-0.39, 0.29) is 26.4 Å². The summed E-state index contributed by atoms with van der Waals surface area (Å²) in [5, 5.41) is 44.3. The number of hydrogen-bond acceptors (Lipinski definition) is 10. The monoisotopic (exact) mass is 853 g/mol. The van der Waals surface area contributed by atoms with Gasteiger partial charge in [-0.25, -0.2) is 0 Å². The Balaban J connectivity index is 2.95. The van der Waals surface area contributed by atoms with Crippen LogP contribution in [0.1, 0.15) is 182 Å². The van der Waals surface area contributed by atoms with Gasteiger partial charge in [-0.2, -0.15) is 0 Å². The van der Waals surface area contributed by atoms with E-state index in [1.165, 1.54) is 103 Å². The average molecular weight is 853 g/mol. The fourth-order valence-electron chi connectivity index (χ4n) is 7.49. The molecule has 4 N–H and O–H groups in total. The lowest BCUT2D eigenvalue weighted by atomic mass is 10.1. The summed E-state index contributed by atoms with van der Waals surface area (Å²) in [4.78, 5) is 4.00. The summed E-state index contributed by atoms with van der Waals surface area (Å²) in [6.07, 6.45) is 25.6. The second-order valence-corrected chi connectivity index (χ2v) is 17.3. The molecule has 1 aromatic carbocycles. The van der Waals surface area contributed by atoms with Gasteiger partial charge in [0.2, 0.25) is 0 Å². The van der Waals surface area contributed by atoms with Gasteiger partial charge in [-0.15, -0.1) is 0 Å². The molecule has 0 fully saturated rings. The lowest BCUT2D eigenvalue weighted by molar-refractivity contribution is 0.0282. The normalized spacial score (nSPS) is 13.7. The van der Waals surface area contributed by atoms with Gasteiger partial charge >= 0.3 is 0 Å². The van der Waals surface area contributed by atoms with Crippen LogP contribution < -0.4 is 9.80 Å². The van der Waals surface area contributed by atoms with E-state index in [9.17, 15) is 20.4 Å². The molecular formula is C50H96N2O8. The molecular weight excluding hydrogens is 757 g/mol. The topological polar surface area (TPSA) is 124 Å². The summed E-state index contributed by atoms with van der Waals surface area (Å²) < 4.78 is 23.5. The second kappa shape index (κ2) is 41.5. The number of hydrogen-bond donors (Lipinski definition) is 4. The molecule has 0 amide bonds. The molecule has 4 atom stereocenters. The fraction of sp³-hybridized carbons (Fsp3) is 0.880. The minimum atomic E-state index is -0.726. The van der Waals surface area contributed by atoms with Crippen molar-refractivity contribution in [1.29, 1.82) is 0 Å². The molecule has 10 nitrogen and oxygen atoms in total. The van der Waals surface area contributed by atoms with Crippen molar-refractivity contribution in [2.45, 2.75) is 206 Å². The highest BCUT2D eigenvalue weighted by atomic mass is 16.5. The Bertz CT molecular complexity index is 885. The Hall–Kier alpha value is -1.50. The van der Waals surface area contributed by atoms with E-state index >= 15 is 0 Å². The Labute approximate surface area is 369 Å². The first-order valence-electron chi connectivity index (χ1n) is 25.0. The maximum atomic E-state index is 11.1. The summed E-state index contributed by atoms with van der Waals surface area (Å²) in [6, 6.07) is 7.94. The third-order valence-electron chi connectivity index (χ3n) is 11.1. The number of rotatable bonds is 46. The number of unbranched alkanes of at least 4 members (excludes halogenated alkanes) is 20. The molecule has 0 aliphatic carbocycles. The van der Waals surface area contributed by atoms with Gasteiger partial charge in [0, 0.05) is 64.0 Å². The predicted octanol–water partition coefficient (Wildman–Crippen LogP) is 10.3. The van der Waals surface area contributed by atoms with Crippen LogP contribution in [-0.4, -0.2) is 124 Å². The molecule has 1 rings (SSSR count). The van der Waals surface area contributed by atoms with Gasteiger partial charge in [0.25, 0.3) is 0 Å². The van der Waals surface area contributed by atoms with Crippen LogP contribution in [0.25, 0.3) is 0 Å². The first-order chi connectivity index (χ1) is 29.3. The quantitative estimate of drug-likeness (QED) is 0.0471. The summed E-state index contributed by atoms with van der Waals surface area (Å²) >= 11 is 0. The zero-order chi connectivity index (χ0) is 43.7. The van der Waals surface area contributed by atoms with Crippen LogP contribution in [0.3, 0.4) is 0 Å². The van der Waals surface area contributed by atoms with Crippen molar-refractivity contribution in [3.63, 3.8) is 0 Å². The van der Waals surface area contributed by atoms with Crippen molar-refractivity contribution < 1.29 is 39.4 Å². The fourth-order valence-corrected chi connectivity index (χ4v) is 7.49. The number of aliphatic hydroxyl groups is 4. The van der Waals surface area contributed by atoms with Crippen molar-refractivity contribution in [1.82, 2.24) is 0 Å². The highest BCUT2D eigenvalue weighted by molar-refractivity contribution is 5.57. The highest BCUT2D eigenvalue weighted by Crippen LogP contribution is 2.23. The van der Waals surface area contributed by atoms with Crippen molar-refractivity contribution in [2.24, 2.45) is 0 Å². The molecule has 354 valence electrons. The van der Waals surface area contributed by atoms with Gasteiger partial charge in [0.05, 0.1) is 50.8 Å². The molecule has 0 spiro atoms. The van der Waals surface area contributed by atoms with Gasteiger partial charge < -0.3 is 49.2 Å². The number of nitrogens with zero attached hydrogens (tertiary/aromatic N) is 2. The maximum Gasteiger partial charge on any atom is 0.0948 e. The standard InChI is InChI=1S/C50H96N2O8/c1-5-9-13-17-21-25-33-57-41-47(53)37-51(38-48(54)42-58-34-26-22-18-14-10-6-2)45-29-31-46(32-30-45)52(39-49(55)43-59-35-27-23-19-15-11-7-3)40-50(56)44-60-36-28-24-20-16-12-8-4/h29-32,47-50,53-56H,5-28,33-44H2,1-4H3. The lowest BCUT2D eigenvalue weighted by Gasteiger charge is -2.32. The first kappa shape index (κ1) is 56.5. The molecule has 0 aliphatic heterocycles. The minimum absolute atomic E-state index is 0.236. The zero-order valence-corrected chi connectivity index (χ0v) is 39.4. The van der Waals surface area contributed by atoms with E-state index in [2.05, 4.69) is 27.7 Å². The Morgan fingerprint density at radius 1 is 0.333 bits per heavy atom. The van der Waals surface area contributed by atoms with Crippen LogP contribution in [0, 0.1) is 0 Å². The molecule has 4 unspecified atom stereocenters. The number of ether oxygens (including phenoxy) is 4. The van der Waals surface area contributed by atoms with Gasteiger partial charge in [0.15, 0.2) is 0 Å². The third kappa shape index (κ3) is 33.1. The number of aliphatic hydroxyl groups excluding tert-OH is 4. The largest absolute Gasteiger partial charge is 0.389 e. The molecule has 0 radical (unpaired) electrons. The smallest absolute Gasteiger partial charge is 0.0948 e. The number of anilines is 2. The van der Waals surface area contributed by atoms with Gasteiger partial charge in [0.1, 0.15) is 0 Å². The van der Waals surface area contributed by atoms with E-state index in [0.717, 1.165) is 62.7 Å². The average Bonchev–Trinajstić information content (AvgIpc) is 3.24. The molecule has 0 saturated carbocycles. The lowest BCUT2D eigenvalue weighted by Crippen LogP contribution is -2.42. The van der Waals surface area contributed by atoms with Crippen LogP contribution in [0.2, 0.25) is 0 Å². The van der Waals surface area contributed by atoms with Crippen LogP contribution in [-0.2, 0) is 18.9 Å². The molecule has 0 aromatic heterocycles. The van der Waals surface area contributed by atoms with Gasteiger partial charge in [-0.1, -0.05) is 156 Å². The molecule has 60 heavy (non-hydrogen) atoms. The van der Waals surface area contributed by atoms with E-state index in [1.807, 2.05) is 34.1 Å². The summed E-state index contributed by atoms with van der Waals surface area (Å²) in [6.45, 7) is 13.6. The summed E-state index contributed by atoms with van der Waals surface area (Å²) in [7, 11) is 0. The van der Waals surface area contributed by atoms with Crippen molar-refractivity contribution in [3.05, 3.63) is 24.3 Å². The van der Waals surface area contributed by atoms with Crippen LogP contribution in [0.5, 0.6) is 0 Å². The molecule has 0 heterocycles. The zero-order valence-electron chi connectivity index (χ0n) is 39.4. The summed E-state index contributed by atoms with van der Waals surface area (Å²) in [5.74, 6) is 0. The van der Waals surface area contributed by atoms with E-state index < -0.39 is 24.4 Å².